The van der Waals surface area contributed by atoms with E-state index < -0.39 is 59.5 Å². The van der Waals surface area contributed by atoms with E-state index in [1.807, 2.05) is 30.3 Å². The molecule has 1 saturated heterocycles. The van der Waals surface area contributed by atoms with E-state index in [0.29, 0.717) is 37.1 Å². The molecule has 14 heteroatoms. The minimum Gasteiger partial charge on any atom is -0.384 e. The van der Waals surface area contributed by atoms with Gasteiger partial charge in [-0.25, -0.2) is 4.68 Å². The number of unbranched alkanes of at least 4 members (excludes halogenated alkanes) is 1. The molecule has 2 unspecified atom stereocenters. The van der Waals surface area contributed by atoms with Crippen LogP contribution in [0.1, 0.15) is 100 Å². The average molecular weight is 705 g/mol. The van der Waals surface area contributed by atoms with E-state index in [1.54, 1.807) is 26.0 Å². The highest BCUT2D eigenvalue weighted by atomic mass is 16.3. The van der Waals surface area contributed by atoms with Crippen LogP contribution in [0.2, 0.25) is 0 Å². The van der Waals surface area contributed by atoms with E-state index in [2.05, 4.69) is 20.9 Å². The van der Waals surface area contributed by atoms with Crippen molar-refractivity contribution in [3.8, 4) is 0 Å². The molecular formula is C37H52N8O6. The standard InChI is InChI=1S/C37H52N8O6/c1-37(2,51)31-21-40-43-45(31)27-20-30(35(49)41-28(14-8-9-17-38)32(46)33(39)47)44(22-27)36(50)29(18-23-10-4-3-5-11-23)42-34(48)26-16-15-24-12-6-7-13-25(24)19-26/h6-7,12-13,15-16,19,21,23,27-30,32,46,51H,3-5,8-11,14,17-18,20,22,38H2,1-2H3,(H2,39,47)(H,41,49)(H,42,48)/t27-,28?,29+,30-,32?/m0/s1. The highest BCUT2D eigenvalue weighted by Crippen LogP contribution is 2.34. The van der Waals surface area contributed by atoms with E-state index in [-0.39, 0.29) is 25.3 Å². The van der Waals surface area contributed by atoms with Crippen LogP contribution in [0.5, 0.6) is 0 Å². The van der Waals surface area contributed by atoms with Crippen LogP contribution in [0.25, 0.3) is 10.8 Å². The van der Waals surface area contributed by atoms with Gasteiger partial charge in [0.2, 0.25) is 17.7 Å². The second-order valence-corrected chi connectivity index (χ2v) is 14.6. The van der Waals surface area contributed by atoms with Gasteiger partial charge in [-0.2, -0.15) is 0 Å². The minimum absolute atomic E-state index is 0.0482. The molecule has 276 valence electrons. The predicted octanol–water partition coefficient (Wildman–Crippen LogP) is 2.03. The summed E-state index contributed by atoms with van der Waals surface area (Å²) in [7, 11) is 0. The van der Waals surface area contributed by atoms with Crippen LogP contribution in [0.3, 0.4) is 0 Å². The number of likely N-dealkylation sites (tertiary alicyclic amines) is 1. The summed E-state index contributed by atoms with van der Waals surface area (Å²) in [5, 5.41) is 37.4. The van der Waals surface area contributed by atoms with Crippen LogP contribution in [0, 0.1) is 5.92 Å². The van der Waals surface area contributed by atoms with Gasteiger partial charge in [0.05, 0.1) is 24.0 Å². The molecule has 8 N–H and O–H groups in total. The number of carbonyl (C=O) groups is 4. The molecule has 0 bridgehead atoms. The van der Waals surface area contributed by atoms with E-state index in [4.69, 9.17) is 11.5 Å². The Morgan fingerprint density at radius 3 is 2.43 bits per heavy atom. The Kier molecular flexibility index (Phi) is 12.4. The molecule has 51 heavy (non-hydrogen) atoms. The molecule has 4 amide bonds. The summed E-state index contributed by atoms with van der Waals surface area (Å²) in [6.07, 6.45) is 6.79. The Labute approximate surface area is 298 Å². The number of primary amides is 1. The monoisotopic (exact) mass is 704 g/mol. The maximum absolute atomic E-state index is 14.7. The number of aliphatic hydroxyl groups is 2. The molecule has 0 radical (unpaired) electrons. The van der Waals surface area contributed by atoms with Crippen LogP contribution >= 0.6 is 0 Å². The van der Waals surface area contributed by atoms with Crippen molar-refractivity contribution in [1.29, 1.82) is 0 Å². The number of aromatic nitrogens is 3. The number of hydrogen-bond acceptors (Lipinski definition) is 9. The summed E-state index contributed by atoms with van der Waals surface area (Å²) in [6.45, 7) is 3.65. The fraction of sp³-hybridized carbons (Fsp3) is 0.568. The van der Waals surface area contributed by atoms with Crippen molar-refractivity contribution in [2.45, 2.75) is 114 Å². The fourth-order valence-corrected chi connectivity index (χ4v) is 7.48. The van der Waals surface area contributed by atoms with E-state index in [9.17, 15) is 29.4 Å². The molecule has 3 aromatic rings. The van der Waals surface area contributed by atoms with Crippen LogP contribution in [0.15, 0.2) is 48.7 Å². The van der Waals surface area contributed by atoms with Crippen molar-refractivity contribution >= 4 is 34.4 Å². The van der Waals surface area contributed by atoms with Gasteiger partial charge in [0.25, 0.3) is 5.91 Å². The van der Waals surface area contributed by atoms with Gasteiger partial charge in [-0.3, -0.25) is 19.2 Å². The normalized spacial score (nSPS) is 20.1. The van der Waals surface area contributed by atoms with Crippen LogP contribution < -0.4 is 22.1 Å². The first-order valence-corrected chi connectivity index (χ1v) is 18.1. The van der Waals surface area contributed by atoms with Gasteiger partial charge in [-0.05, 0) is 68.5 Å². The number of nitrogens with two attached hydrogens (primary N) is 2. The Bertz CT molecular complexity index is 1680. The lowest BCUT2D eigenvalue weighted by atomic mass is 9.84. The third-order valence-electron chi connectivity index (χ3n) is 10.3. The molecule has 1 aliphatic heterocycles. The molecule has 5 atom stereocenters. The number of benzene rings is 2. The predicted molar refractivity (Wildman–Crippen MR) is 191 cm³/mol. The number of rotatable bonds is 15. The van der Waals surface area contributed by atoms with Gasteiger partial charge in [-0.1, -0.05) is 74.1 Å². The van der Waals surface area contributed by atoms with Crippen LogP contribution in [-0.2, 0) is 20.0 Å². The van der Waals surface area contributed by atoms with Gasteiger partial charge in [-0.15, -0.1) is 5.10 Å². The number of nitrogens with zero attached hydrogens (tertiary/aromatic N) is 4. The summed E-state index contributed by atoms with van der Waals surface area (Å²) in [5.74, 6) is -2.16. The van der Waals surface area contributed by atoms with E-state index in [1.165, 1.54) is 15.8 Å². The molecular weight excluding hydrogens is 652 g/mol. The molecule has 2 fully saturated rings. The molecule has 1 aromatic heterocycles. The number of aliphatic hydroxyl groups excluding tert-OH is 1. The summed E-state index contributed by atoms with van der Waals surface area (Å²) in [5.41, 5.74) is 10.6. The largest absolute Gasteiger partial charge is 0.384 e. The molecule has 14 nitrogen and oxygen atoms in total. The topological polar surface area (TPSA) is 219 Å². The average Bonchev–Trinajstić information content (AvgIpc) is 3.79. The minimum atomic E-state index is -1.65. The zero-order valence-electron chi connectivity index (χ0n) is 29.5. The lowest BCUT2D eigenvalue weighted by molar-refractivity contribution is -0.141. The highest BCUT2D eigenvalue weighted by Gasteiger charge is 2.45. The van der Waals surface area contributed by atoms with Crippen LogP contribution in [-0.4, -0.2) is 91.1 Å². The van der Waals surface area contributed by atoms with Crippen molar-refractivity contribution in [2.24, 2.45) is 17.4 Å². The number of hydrogen-bond donors (Lipinski definition) is 6. The molecule has 2 heterocycles. The molecule has 2 aromatic carbocycles. The van der Waals surface area contributed by atoms with Crippen molar-refractivity contribution in [3.05, 3.63) is 59.9 Å². The lowest BCUT2D eigenvalue weighted by Gasteiger charge is -2.32. The third kappa shape index (κ3) is 9.29. The van der Waals surface area contributed by atoms with Gasteiger partial charge < -0.3 is 37.2 Å². The summed E-state index contributed by atoms with van der Waals surface area (Å²) < 4.78 is 1.54. The molecule has 1 aliphatic carbocycles. The first-order valence-electron chi connectivity index (χ1n) is 18.1. The number of nitrogens with one attached hydrogen (secondary N) is 2. The fourth-order valence-electron chi connectivity index (χ4n) is 7.48. The van der Waals surface area contributed by atoms with Crippen molar-refractivity contribution in [3.63, 3.8) is 0 Å². The Morgan fingerprint density at radius 1 is 1.02 bits per heavy atom. The summed E-state index contributed by atoms with van der Waals surface area (Å²) in [6, 6.07) is 9.60. The van der Waals surface area contributed by atoms with Gasteiger partial charge in [0.1, 0.15) is 17.7 Å². The Balaban J connectivity index is 1.46. The number of fused-ring (bicyclic) bond motifs is 1. The molecule has 2 aliphatic rings. The van der Waals surface area contributed by atoms with Crippen molar-refractivity contribution in [1.82, 2.24) is 30.5 Å². The zero-order valence-corrected chi connectivity index (χ0v) is 29.5. The quantitative estimate of drug-likeness (QED) is 0.127. The van der Waals surface area contributed by atoms with Gasteiger partial charge in [0.15, 0.2) is 6.10 Å². The maximum atomic E-state index is 14.7. The van der Waals surface area contributed by atoms with Crippen molar-refractivity contribution < 1.29 is 29.4 Å². The maximum Gasteiger partial charge on any atom is 0.251 e. The second kappa shape index (κ2) is 16.7. The second-order valence-electron chi connectivity index (χ2n) is 14.6. The van der Waals surface area contributed by atoms with E-state index in [0.717, 1.165) is 42.9 Å². The first-order chi connectivity index (χ1) is 24.4. The number of carbonyl (C=O) groups excluding carboxylic acids is 4. The molecule has 5 rings (SSSR count). The summed E-state index contributed by atoms with van der Waals surface area (Å²) in [4.78, 5) is 56.1. The van der Waals surface area contributed by atoms with Crippen LogP contribution in [0.4, 0.5) is 0 Å². The first kappa shape index (κ1) is 37.8. The Hall–Kier alpha value is -4.40. The Morgan fingerprint density at radius 2 is 1.75 bits per heavy atom. The highest BCUT2D eigenvalue weighted by molar-refractivity contribution is 6.01. The zero-order chi connectivity index (χ0) is 36.7. The summed E-state index contributed by atoms with van der Waals surface area (Å²) >= 11 is 0. The third-order valence-corrected chi connectivity index (χ3v) is 10.3. The van der Waals surface area contributed by atoms with Crippen molar-refractivity contribution in [2.75, 3.05) is 13.1 Å². The smallest absolute Gasteiger partial charge is 0.251 e. The lowest BCUT2D eigenvalue weighted by Crippen LogP contribution is -2.57. The van der Waals surface area contributed by atoms with E-state index >= 15 is 0 Å². The van der Waals surface area contributed by atoms with Gasteiger partial charge in [0, 0.05) is 18.5 Å². The SMILES string of the molecule is CC(C)(O)c1cnnn1[C@H]1C[C@@H](C(=O)NC(CCCCN)C(O)C(N)=O)N(C(=O)[C@@H](CC2CCCCC2)NC(=O)c2ccc3ccccc3c2)C1. The molecule has 0 spiro atoms. The molecule has 1 saturated carbocycles. The number of amides is 4. The van der Waals surface area contributed by atoms with Gasteiger partial charge >= 0.3 is 0 Å².